The second-order valence-electron chi connectivity index (χ2n) is 4.25. The second-order valence-corrected chi connectivity index (χ2v) is 4.66. The van der Waals surface area contributed by atoms with Crippen LogP contribution in [0.25, 0.3) is 0 Å². The van der Waals surface area contributed by atoms with E-state index in [1.54, 1.807) is 6.07 Å². The third-order valence-electron chi connectivity index (χ3n) is 2.70. The quantitative estimate of drug-likeness (QED) is 0.812. The van der Waals surface area contributed by atoms with Crippen molar-refractivity contribution in [3.63, 3.8) is 0 Å². The number of halogens is 2. The number of hydrogen-bond donors (Lipinski definition) is 1. The summed E-state index contributed by atoms with van der Waals surface area (Å²) in [5.41, 5.74) is 0.935. The van der Waals surface area contributed by atoms with Gasteiger partial charge in [0.1, 0.15) is 5.82 Å². The molecule has 0 aliphatic rings. The fourth-order valence-electron chi connectivity index (χ4n) is 1.82. The first-order valence-electron chi connectivity index (χ1n) is 5.75. The van der Waals surface area contributed by atoms with E-state index in [4.69, 9.17) is 11.6 Å². The molecule has 2 atom stereocenters. The van der Waals surface area contributed by atoms with E-state index in [1.807, 2.05) is 13.0 Å². The van der Waals surface area contributed by atoms with Crippen LogP contribution in [-0.2, 0) is 0 Å². The van der Waals surface area contributed by atoms with E-state index >= 15 is 0 Å². The van der Waals surface area contributed by atoms with Crippen LogP contribution in [0.4, 0.5) is 4.39 Å². The molecule has 0 aliphatic heterocycles. The topological polar surface area (TPSA) is 12.0 Å². The lowest BCUT2D eigenvalue weighted by molar-refractivity contribution is 0.451. The highest BCUT2D eigenvalue weighted by Gasteiger charge is 2.10. The van der Waals surface area contributed by atoms with E-state index in [9.17, 15) is 4.39 Å². The lowest BCUT2D eigenvalue weighted by atomic mass is 10.1. The minimum absolute atomic E-state index is 0.147. The molecule has 1 rings (SSSR count). The molecule has 3 heteroatoms. The molecule has 0 spiro atoms. The van der Waals surface area contributed by atoms with Crippen LogP contribution in [0.3, 0.4) is 0 Å². The van der Waals surface area contributed by atoms with Crippen molar-refractivity contribution in [2.24, 2.45) is 0 Å². The molecule has 0 heterocycles. The van der Waals surface area contributed by atoms with Crippen LogP contribution >= 0.6 is 11.6 Å². The van der Waals surface area contributed by atoms with Crippen molar-refractivity contribution >= 4 is 11.6 Å². The summed E-state index contributed by atoms with van der Waals surface area (Å²) in [6.45, 7) is 6.34. The van der Waals surface area contributed by atoms with Gasteiger partial charge in [0.05, 0.1) is 5.02 Å². The molecule has 0 aliphatic carbocycles. The van der Waals surface area contributed by atoms with Crippen LogP contribution in [0.15, 0.2) is 18.2 Å². The van der Waals surface area contributed by atoms with E-state index in [1.165, 1.54) is 6.07 Å². The molecule has 1 nitrogen and oxygen atoms in total. The molecule has 2 unspecified atom stereocenters. The van der Waals surface area contributed by atoms with Crippen LogP contribution in [0.2, 0.25) is 5.02 Å². The maximum absolute atomic E-state index is 13.3. The molecule has 1 aromatic carbocycles. The third kappa shape index (κ3) is 3.76. The van der Waals surface area contributed by atoms with Gasteiger partial charge in [0.25, 0.3) is 0 Å². The first kappa shape index (κ1) is 13.5. The van der Waals surface area contributed by atoms with Crippen molar-refractivity contribution in [3.05, 3.63) is 34.6 Å². The van der Waals surface area contributed by atoms with Gasteiger partial charge in [-0.3, -0.25) is 0 Å². The molecule has 0 saturated carbocycles. The average Bonchev–Trinajstić information content (AvgIpc) is 2.22. The van der Waals surface area contributed by atoms with E-state index < -0.39 is 0 Å². The summed E-state index contributed by atoms with van der Waals surface area (Å²) in [6, 6.07) is 5.56. The Balaban J connectivity index is 2.65. The Labute approximate surface area is 102 Å². The maximum atomic E-state index is 13.3. The van der Waals surface area contributed by atoms with Crippen molar-refractivity contribution in [1.29, 1.82) is 0 Å². The molecule has 0 fully saturated rings. The van der Waals surface area contributed by atoms with Crippen LogP contribution in [0, 0.1) is 5.82 Å². The minimum Gasteiger partial charge on any atom is -0.308 e. The van der Waals surface area contributed by atoms with E-state index in [-0.39, 0.29) is 16.9 Å². The zero-order chi connectivity index (χ0) is 12.1. The fourth-order valence-corrected chi connectivity index (χ4v) is 1.94. The molecule has 16 heavy (non-hydrogen) atoms. The molecule has 90 valence electrons. The van der Waals surface area contributed by atoms with Crippen LogP contribution in [0.1, 0.15) is 45.2 Å². The minimum atomic E-state index is -0.351. The van der Waals surface area contributed by atoms with Crippen molar-refractivity contribution in [1.82, 2.24) is 5.32 Å². The van der Waals surface area contributed by atoms with Gasteiger partial charge in [-0.15, -0.1) is 0 Å². The first-order valence-corrected chi connectivity index (χ1v) is 6.13. The van der Waals surface area contributed by atoms with Crippen molar-refractivity contribution in [2.45, 2.75) is 45.7 Å². The summed E-state index contributed by atoms with van der Waals surface area (Å²) in [4.78, 5) is 0. The number of nitrogens with one attached hydrogen (secondary N) is 1. The summed E-state index contributed by atoms with van der Waals surface area (Å²) < 4.78 is 13.3. The summed E-state index contributed by atoms with van der Waals surface area (Å²) >= 11 is 5.65. The molecule has 0 aromatic heterocycles. The van der Waals surface area contributed by atoms with Gasteiger partial charge in [-0.1, -0.05) is 31.0 Å². The van der Waals surface area contributed by atoms with Gasteiger partial charge in [-0.25, -0.2) is 4.39 Å². The SMILES string of the molecule is CCCC(C)NC(C)c1ccc(Cl)c(F)c1. The Bertz CT molecular complexity index is 341. The Hall–Kier alpha value is -0.600. The van der Waals surface area contributed by atoms with Crippen LogP contribution < -0.4 is 5.32 Å². The Kier molecular flexibility index (Phi) is 5.23. The monoisotopic (exact) mass is 243 g/mol. The summed E-state index contributed by atoms with van der Waals surface area (Å²) in [5, 5.41) is 3.61. The maximum Gasteiger partial charge on any atom is 0.142 e. The van der Waals surface area contributed by atoms with Gasteiger partial charge in [0, 0.05) is 12.1 Å². The Morgan fingerprint density at radius 1 is 1.38 bits per heavy atom. The Morgan fingerprint density at radius 3 is 2.62 bits per heavy atom. The lowest BCUT2D eigenvalue weighted by Crippen LogP contribution is -2.28. The third-order valence-corrected chi connectivity index (χ3v) is 3.01. The van der Waals surface area contributed by atoms with Crippen molar-refractivity contribution in [2.75, 3.05) is 0 Å². The summed E-state index contributed by atoms with van der Waals surface area (Å²) in [6.07, 6.45) is 2.27. The molecule has 1 aromatic rings. The van der Waals surface area contributed by atoms with Gasteiger partial charge in [0.15, 0.2) is 0 Å². The molecule has 0 bridgehead atoms. The highest BCUT2D eigenvalue weighted by molar-refractivity contribution is 6.30. The fraction of sp³-hybridized carbons (Fsp3) is 0.538. The highest BCUT2D eigenvalue weighted by Crippen LogP contribution is 2.20. The Morgan fingerprint density at radius 2 is 2.06 bits per heavy atom. The zero-order valence-corrected chi connectivity index (χ0v) is 10.8. The molecule has 0 radical (unpaired) electrons. The molecule has 1 N–H and O–H groups in total. The van der Waals surface area contributed by atoms with E-state index in [2.05, 4.69) is 19.2 Å². The zero-order valence-electron chi connectivity index (χ0n) is 10.1. The predicted octanol–water partition coefficient (Wildman–Crippen LogP) is 4.32. The number of hydrogen-bond acceptors (Lipinski definition) is 1. The highest BCUT2D eigenvalue weighted by atomic mass is 35.5. The molecular weight excluding hydrogens is 225 g/mol. The van der Waals surface area contributed by atoms with Gasteiger partial charge in [0.2, 0.25) is 0 Å². The van der Waals surface area contributed by atoms with Crippen LogP contribution in [0.5, 0.6) is 0 Å². The molecule has 0 amide bonds. The van der Waals surface area contributed by atoms with Gasteiger partial charge >= 0.3 is 0 Å². The molecular formula is C13H19ClFN. The standard InChI is InChI=1S/C13H19ClFN/c1-4-5-9(2)16-10(3)11-6-7-12(14)13(15)8-11/h6-10,16H,4-5H2,1-3H3. The second kappa shape index (κ2) is 6.21. The van der Waals surface area contributed by atoms with Crippen LogP contribution in [-0.4, -0.2) is 6.04 Å². The van der Waals surface area contributed by atoms with Gasteiger partial charge in [-0.05, 0) is 38.0 Å². The van der Waals surface area contributed by atoms with Gasteiger partial charge in [-0.2, -0.15) is 0 Å². The number of benzene rings is 1. The summed E-state index contributed by atoms with van der Waals surface area (Å²) in [7, 11) is 0. The van der Waals surface area contributed by atoms with Crippen molar-refractivity contribution in [3.8, 4) is 0 Å². The van der Waals surface area contributed by atoms with E-state index in [0.717, 1.165) is 18.4 Å². The predicted molar refractivity (Wildman–Crippen MR) is 67.3 cm³/mol. The van der Waals surface area contributed by atoms with Gasteiger partial charge < -0.3 is 5.32 Å². The van der Waals surface area contributed by atoms with E-state index in [0.29, 0.717) is 6.04 Å². The lowest BCUT2D eigenvalue weighted by Gasteiger charge is -2.20. The number of rotatable bonds is 5. The normalized spacial score (nSPS) is 14.8. The molecule has 0 saturated heterocycles. The summed E-state index contributed by atoms with van der Waals surface area (Å²) in [5.74, 6) is -0.351. The largest absolute Gasteiger partial charge is 0.308 e. The first-order chi connectivity index (χ1) is 7.54. The smallest absolute Gasteiger partial charge is 0.142 e. The van der Waals surface area contributed by atoms with Crippen molar-refractivity contribution < 1.29 is 4.39 Å². The average molecular weight is 244 g/mol.